The maximum absolute atomic E-state index is 6.01. The van der Waals surface area contributed by atoms with E-state index in [1.165, 1.54) is 24.9 Å². The predicted octanol–water partition coefficient (Wildman–Crippen LogP) is 1.44. The van der Waals surface area contributed by atoms with Crippen LogP contribution in [0.2, 0.25) is 0 Å². The molecule has 4 rings (SSSR count). The van der Waals surface area contributed by atoms with Crippen molar-refractivity contribution in [3.63, 3.8) is 0 Å². The van der Waals surface area contributed by atoms with E-state index in [4.69, 9.17) is 4.74 Å². The molecular weight excluding hydrogens is 352 g/mol. The molecule has 28 heavy (non-hydrogen) atoms. The molecule has 2 N–H and O–H groups in total. The molecule has 2 aromatic rings. The van der Waals surface area contributed by atoms with Gasteiger partial charge >= 0.3 is 0 Å². The SMILES string of the molecule is CN=C(NCCc1ccc(-n2cccn2)cc1)NCC1CN2CCCC2CO1. The van der Waals surface area contributed by atoms with Crippen LogP contribution in [-0.4, -0.2) is 72.6 Å². The van der Waals surface area contributed by atoms with Gasteiger partial charge < -0.3 is 15.4 Å². The summed E-state index contributed by atoms with van der Waals surface area (Å²) in [4.78, 5) is 6.90. The quantitative estimate of drug-likeness (QED) is 0.585. The summed E-state index contributed by atoms with van der Waals surface area (Å²) >= 11 is 0. The number of hydrogen-bond donors (Lipinski definition) is 2. The van der Waals surface area contributed by atoms with Crippen LogP contribution in [0.3, 0.4) is 0 Å². The van der Waals surface area contributed by atoms with Gasteiger partial charge in [-0.15, -0.1) is 0 Å². The van der Waals surface area contributed by atoms with Crippen molar-refractivity contribution >= 4 is 5.96 Å². The van der Waals surface area contributed by atoms with Gasteiger partial charge in [-0.3, -0.25) is 9.89 Å². The number of nitrogens with zero attached hydrogens (tertiary/aromatic N) is 4. The lowest BCUT2D eigenvalue weighted by molar-refractivity contribution is -0.0453. The van der Waals surface area contributed by atoms with E-state index in [1.54, 1.807) is 6.20 Å². The topological polar surface area (TPSA) is 66.7 Å². The third-order valence-electron chi connectivity index (χ3n) is 5.59. The van der Waals surface area contributed by atoms with Gasteiger partial charge in [0.25, 0.3) is 0 Å². The Morgan fingerprint density at radius 3 is 2.96 bits per heavy atom. The van der Waals surface area contributed by atoms with Gasteiger partial charge in [-0.1, -0.05) is 12.1 Å². The van der Waals surface area contributed by atoms with Crippen molar-refractivity contribution in [2.24, 2.45) is 4.99 Å². The van der Waals surface area contributed by atoms with E-state index in [9.17, 15) is 0 Å². The Balaban J connectivity index is 1.18. The molecule has 0 saturated carbocycles. The monoisotopic (exact) mass is 382 g/mol. The minimum atomic E-state index is 0.239. The largest absolute Gasteiger partial charge is 0.373 e. The summed E-state index contributed by atoms with van der Waals surface area (Å²) in [6, 6.07) is 11.1. The number of aliphatic imine (C=N–C) groups is 1. The van der Waals surface area contributed by atoms with Gasteiger partial charge in [-0.2, -0.15) is 5.10 Å². The van der Waals surface area contributed by atoms with Crippen LogP contribution in [0.5, 0.6) is 0 Å². The molecule has 7 heteroatoms. The van der Waals surface area contributed by atoms with E-state index in [2.05, 4.69) is 49.9 Å². The molecule has 3 heterocycles. The number of benzene rings is 1. The number of hydrogen-bond acceptors (Lipinski definition) is 4. The zero-order chi connectivity index (χ0) is 19.2. The first-order chi connectivity index (χ1) is 13.8. The number of fused-ring (bicyclic) bond motifs is 1. The standard InChI is InChI=1S/C21H30N6O/c1-22-21(24-14-20-15-26-12-2-4-19(26)16-28-20)23-11-9-17-5-7-18(8-6-17)27-13-3-10-25-27/h3,5-8,10,13,19-20H,2,4,9,11-12,14-16H2,1H3,(H2,22,23,24). The van der Waals surface area contributed by atoms with Crippen LogP contribution in [0.4, 0.5) is 0 Å². The molecule has 2 aliphatic heterocycles. The van der Waals surface area contributed by atoms with Gasteiger partial charge in [0.1, 0.15) is 0 Å². The van der Waals surface area contributed by atoms with Crippen molar-refractivity contribution in [3.8, 4) is 5.69 Å². The summed E-state index contributed by atoms with van der Waals surface area (Å²) in [5, 5.41) is 11.1. The molecule has 150 valence electrons. The van der Waals surface area contributed by atoms with Crippen molar-refractivity contribution in [1.29, 1.82) is 0 Å². The number of aromatic nitrogens is 2. The molecule has 0 bridgehead atoms. The van der Waals surface area contributed by atoms with Crippen molar-refractivity contribution in [2.45, 2.75) is 31.4 Å². The van der Waals surface area contributed by atoms with Gasteiger partial charge in [0.15, 0.2) is 5.96 Å². The summed E-state index contributed by atoms with van der Waals surface area (Å²) in [5.41, 5.74) is 2.36. The highest BCUT2D eigenvalue weighted by atomic mass is 16.5. The Labute approximate surface area is 166 Å². The molecule has 1 aromatic carbocycles. The van der Waals surface area contributed by atoms with Crippen LogP contribution in [0.1, 0.15) is 18.4 Å². The van der Waals surface area contributed by atoms with Gasteiger partial charge in [0.05, 0.1) is 18.4 Å². The van der Waals surface area contributed by atoms with E-state index >= 15 is 0 Å². The number of guanidine groups is 1. The highest BCUT2D eigenvalue weighted by Crippen LogP contribution is 2.22. The van der Waals surface area contributed by atoms with Crippen LogP contribution in [-0.2, 0) is 11.2 Å². The average Bonchev–Trinajstić information content (AvgIpc) is 3.42. The van der Waals surface area contributed by atoms with Gasteiger partial charge in [-0.05, 0) is 49.6 Å². The zero-order valence-corrected chi connectivity index (χ0v) is 16.6. The predicted molar refractivity (Wildman–Crippen MR) is 111 cm³/mol. The highest BCUT2D eigenvalue weighted by molar-refractivity contribution is 5.79. The van der Waals surface area contributed by atoms with Crippen LogP contribution in [0, 0.1) is 0 Å². The third kappa shape index (κ3) is 4.72. The first-order valence-corrected chi connectivity index (χ1v) is 10.2. The summed E-state index contributed by atoms with van der Waals surface area (Å²) in [6.07, 6.45) is 7.51. The highest BCUT2D eigenvalue weighted by Gasteiger charge is 2.32. The smallest absolute Gasteiger partial charge is 0.191 e. The average molecular weight is 383 g/mol. The third-order valence-corrected chi connectivity index (χ3v) is 5.59. The molecule has 2 unspecified atom stereocenters. The molecule has 2 fully saturated rings. The second-order valence-electron chi connectivity index (χ2n) is 7.49. The number of rotatable bonds is 6. The maximum atomic E-state index is 6.01. The van der Waals surface area contributed by atoms with Gasteiger partial charge in [-0.25, -0.2) is 4.68 Å². The van der Waals surface area contributed by atoms with Gasteiger partial charge in [0.2, 0.25) is 0 Å². The molecule has 2 saturated heterocycles. The first kappa shape index (κ1) is 19.0. The first-order valence-electron chi connectivity index (χ1n) is 10.2. The molecule has 0 aliphatic carbocycles. The molecule has 1 aromatic heterocycles. The Bertz CT molecular complexity index is 758. The number of morpholine rings is 1. The zero-order valence-electron chi connectivity index (χ0n) is 16.6. The van der Waals surface area contributed by atoms with Crippen molar-refractivity contribution in [1.82, 2.24) is 25.3 Å². The fourth-order valence-corrected chi connectivity index (χ4v) is 4.00. The van der Waals surface area contributed by atoms with E-state index < -0.39 is 0 Å². The molecule has 0 amide bonds. The van der Waals surface area contributed by atoms with E-state index in [1.807, 2.05) is 24.0 Å². The Morgan fingerprint density at radius 1 is 1.29 bits per heavy atom. The van der Waals surface area contributed by atoms with Crippen molar-refractivity contribution in [2.75, 3.05) is 39.8 Å². The van der Waals surface area contributed by atoms with Crippen LogP contribution >= 0.6 is 0 Å². The summed E-state index contributed by atoms with van der Waals surface area (Å²) in [5.74, 6) is 0.834. The van der Waals surface area contributed by atoms with Crippen molar-refractivity contribution in [3.05, 3.63) is 48.3 Å². The molecule has 0 spiro atoms. The fraction of sp³-hybridized carbons (Fsp3) is 0.524. The van der Waals surface area contributed by atoms with Gasteiger partial charge in [0, 0.05) is 45.1 Å². The maximum Gasteiger partial charge on any atom is 0.191 e. The number of ether oxygens (including phenoxy) is 1. The van der Waals surface area contributed by atoms with Crippen molar-refractivity contribution < 1.29 is 4.74 Å². The minimum Gasteiger partial charge on any atom is -0.373 e. The minimum absolute atomic E-state index is 0.239. The molecule has 0 radical (unpaired) electrons. The van der Waals surface area contributed by atoms with Crippen LogP contribution in [0.25, 0.3) is 5.69 Å². The van der Waals surface area contributed by atoms with E-state index in [0.717, 1.165) is 44.3 Å². The van der Waals surface area contributed by atoms with E-state index in [-0.39, 0.29) is 6.10 Å². The van der Waals surface area contributed by atoms with Crippen LogP contribution < -0.4 is 10.6 Å². The second kappa shape index (κ2) is 9.21. The lowest BCUT2D eigenvalue weighted by Gasteiger charge is -2.35. The molecule has 2 atom stereocenters. The fourth-order valence-electron chi connectivity index (χ4n) is 4.00. The Kier molecular flexibility index (Phi) is 6.24. The summed E-state index contributed by atoms with van der Waals surface area (Å²) in [6.45, 7) is 4.74. The molecule has 2 aliphatic rings. The van der Waals surface area contributed by atoms with Crippen LogP contribution in [0.15, 0.2) is 47.7 Å². The summed E-state index contributed by atoms with van der Waals surface area (Å²) < 4.78 is 7.87. The summed E-state index contributed by atoms with van der Waals surface area (Å²) in [7, 11) is 1.81. The lowest BCUT2D eigenvalue weighted by atomic mass is 10.1. The van der Waals surface area contributed by atoms with E-state index in [0.29, 0.717) is 6.04 Å². The number of nitrogens with one attached hydrogen (secondary N) is 2. The second-order valence-corrected chi connectivity index (χ2v) is 7.49. The Hall–Kier alpha value is -2.38. The Morgan fingerprint density at radius 2 is 2.18 bits per heavy atom. The lowest BCUT2D eigenvalue weighted by Crippen LogP contribution is -2.51. The normalized spacial score (nSPS) is 22.8. The molecular formula is C21H30N6O. The molecule has 7 nitrogen and oxygen atoms in total.